The van der Waals surface area contributed by atoms with E-state index in [1.54, 1.807) is 18.6 Å². The third kappa shape index (κ3) is 5.82. The van der Waals surface area contributed by atoms with Gasteiger partial charge in [-0.2, -0.15) is 0 Å². The van der Waals surface area contributed by atoms with Crippen LogP contribution < -0.4 is 14.8 Å². The Morgan fingerprint density at radius 1 is 1.09 bits per heavy atom. The molecule has 4 heterocycles. The van der Waals surface area contributed by atoms with Crippen LogP contribution in [0.4, 0.5) is 11.4 Å². The molecule has 3 aromatic heterocycles. The van der Waals surface area contributed by atoms with Crippen LogP contribution in [0.2, 0.25) is 5.02 Å². The third-order valence-electron chi connectivity index (χ3n) is 5.99. The fraction of sp³-hybridized carbons (Fsp3) is 0.320. The van der Waals surface area contributed by atoms with E-state index in [9.17, 15) is 0 Å². The zero-order valence-corrected chi connectivity index (χ0v) is 20.3. The molecule has 1 fully saturated rings. The highest BCUT2D eigenvalue weighted by Crippen LogP contribution is 2.34. The van der Waals surface area contributed by atoms with Crippen LogP contribution in [-0.4, -0.2) is 76.3 Å². The lowest BCUT2D eigenvalue weighted by molar-refractivity contribution is 0.133. The zero-order chi connectivity index (χ0) is 24.0. The number of anilines is 2. The number of likely N-dealkylation sites (N-methyl/N-ethyl adjacent to an activating group) is 1. The van der Waals surface area contributed by atoms with E-state index in [1.165, 1.54) is 0 Å². The predicted molar refractivity (Wildman–Crippen MR) is 137 cm³/mol. The van der Waals surface area contributed by atoms with Gasteiger partial charge in [0.05, 0.1) is 39.7 Å². The van der Waals surface area contributed by atoms with Crippen molar-refractivity contribution in [1.29, 1.82) is 0 Å². The van der Waals surface area contributed by atoms with E-state index in [4.69, 9.17) is 21.1 Å². The maximum Gasteiger partial charge on any atom is 0.242 e. The van der Waals surface area contributed by atoms with E-state index in [-0.39, 0.29) is 0 Å². The average Bonchev–Trinajstić information content (AvgIpc) is 3.29. The number of halogens is 1. The summed E-state index contributed by atoms with van der Waals surface area (Å²) in [4.78, 5) is 13.3. The number of aromatic nitrogens is 4. The Kier molecular flexibility index (Phi) is 7.27. The van der Waals surface area contributed by atoms with Gasteiger partial charge in [-0.25, -0.2) is 0 Å². The van der Waals surface area contributed by atoms with Gasteiger partial charge in [0.2, 0.25) is 5.88 Å². The molecule has 0 bridgehead atoms. The number of hydrogen-bond acceptors (Lipinski definition) is 8. The molecule has 2 N–H and O–H groups in total. The van der Waals surface area contributed by atoms with Gasteiger partial charge in [0.15, 0.2) is 0 Å². The number of ether oxygens (including phenoxy) is 2. The number of aromatic amines is 1. The van der Waals surface area contributed by atoms with E-state index >= 15 is 0 Å². The van der Waals surface area contributed by atoms with Crippen molar-refractivity contribution in [3.63, 3.8) is 0 Å². The van der Waals surface area contributed by atoms with Crippen LogP contribution in [0.15, 0.2) is 55.0 Å². The Morgan fingerprint density at radius 3 is 2.77 bits per heavy atom. The summed E-state index contributed by atoms with van der Waals surface area (Å²) in [6.45, 7) is 6.06. The molecular weight excluding hydrogens is 466 g/mol. The van der Waals surface area contributed by atoms with Gasteiger partial charge in [-0.1, -0.05) is 17.7 Å². The monoisotopic (exact) mass is 493 g/mol. The first-order valence-electron chi connectivity index (χ1n) is 11.6. The predicted octanol–water partition coefficient (Wildman–Crippen LogP) is 3.96. The Labute approximate surface area is 209 Å². The van der Waals surface area contributed by atoms with Crippen molar-refractivity contribution in [3.8, 4) is 11.6 Å². The van der Waals surface area contributed by atoms with Crippen molar-refractivity contribution in [2.75, 3.05) is 51.7 Å². The molecule has 0 radical (unpaired) electrons. The SMILES string of the molecule is CN1CCN(CCOc2n[nH]c3cncc(Nc4ccc(OCc5ccccn5)c(Cl)c4)c23)CC1. The second-order valence-electron chi connectivity index (χ2n) is 8.51. The number of hydrogen-bond donors (Lipinski definition) is 2. The maximum atomic E-state index is 6.49. The fourth-order valence-corrected chi connectivity index (χ4v) is 4.21. The van der Waals surface area contributed by atoms with Gasteiger partial charge < -0.3 is 19.7 Å². The summed E-state index contributed by atoms with van der Waals surface area (Å²) >= 11 is 6.49. The van der Waals surface area contributed by atoms with Crippen molar-refractivity contribution in [2.45, 2.75) is 6.61 Å². The van der Waals surface area contributed by atoms with Gasteiger partial charge >= 0.3 is 0 Å². The van der Waals surface area contributed by atoms with Crippen LogP contribution >= 0.6 is 11.6 Å². The number of benzene rings is 1. The number of pyridine rings is 2. The molecule has 0 aliphatic carbocycles. The summed E-state index contributed by atoms with van der Waals surface area (Å²) in [6, 6.07) is 11.3. The first-order chi connectivity index (χ1) is 17.2. The number of nitrogens with zero attached hydrogens (tertiary/aromatic N) is 5. The molecule has 0 saturated carbocycles. The molecule has 1 aliphatic rings. The van der Waals surface area contributed by atoms with Crippen molar-refractivity contribution >= 4 is 33.9 Å². The lowest BCUT2D eigenvalue weighted by atomic mass is 10.2. The first kappa shape index (κ1) is 23.3. The molecule has 35 heavy (non-hydrogen) atoms. The molecule has 1 saturated heterocycles. The summed E-state index contributed by atoms with van der Waals surface area (Å²) in [5.74, 6) is 1.15. The highest BCUT2D eigenvalue weighted by Gasteiger charge is 2.16. The molecule has 1 aromatic carbocycles. The molecule has 0 spiro atoms. The summed E-state index contributed by atoms with van der Waals surface area (Å²) in [5.41, 5.74) is 3.22. The van der Waals surface area contributed by atoms with E-state index in [0.29, 0.717) is 29.9 Å². The lowest BCUT2D eigenvalue weighted by Gasteiger charge is -2.32. The van der Waals surface area contributed by atoms with Crippen LogP contribution in [0.3, 0.4) is 0 Å². The van der Waals surface area contributed by atoms with Crippen LogP contribution in [-0.2, 0) is 6.61 Å². The van der Waals surface area contributed by atoms with Gasteiger partial charge in [-0.05, 0) is 37.4 Å². The van der Waals surface area contributed by atoms with Crippen molar-refractivity contribution in [1.82, 2.24) is 30.0 Å². The molecule has 0 unspecified atom stereocenters. The number of H-pyrrole nitrogens is 1. The Morgan fingerprint density at radius 2 is 1.97 bits per heavy atom. The number of fused-ring (bicyclic) bond motifs is 1. The minimum atomic E-state index is 0.348. The molecule has 9 nitrogen and oxygen atoms in total. The standard InChI is InChI=1S/C25H28ClN7O2/c1-32-8-10-33(11-9-32)12-13-34-25-24-21(15-27-16-22(24)30-31-25)29-18-5-6-23(20(26)14-18)35-17-19-4-2-3-7-28-19/h2-7,14-16,29H,8-13,17H2,1H3,(H,30,31). The van der Waals surface area contributed by atoms with Gasteiger partial charge in [-0.3, -0.25) is 20.0 Å². The van der Waals surface area contributed by atoms with Gasteiger partial charge in [0, 0.05) is 44.6 Å². The van der Waals surface area contributed by atoms with E-state index < -0.39 is 0 Å². The molecule has 0 atom stereocenters. The Bertz CT molecular complexity index is 1260. The lowest BCUT2D eigenvalue weighted by Crippen LogP contribution is -2.45. The van der Waals surface area contributed by atoms with E-state index in [2.05, 4.69) is 42.3 Å². The first-order valence-corrected chi connectivity index (χ1v) is 12.0. The molecule has 5 rings (SSSR count). The summed E-state index contributed by atoms with van der Waals surface area (Å²) in [6.07, 6.45) is 5.23. The zero-order valence-electron chi connectivity index (χ0n) is 19.6. The topological polar surface area (TPSA) is 91.4 Å². The van der Waals surface area contributed by atoms with Gasteiger partial charge in [0.1, 0.15) is 19.0 Å². The maximum absolute atomic E-state index is 6.49. The smallest absolute Gasteiger partial charge is 0.242 e. The highest BCUT2D eigenvalue weighted by molar-refractivity contribution is 6.32. The molecule has 0 amide bonds. The van der Waals surface area contributed by atoms with E-state index in [0.717, 1.165) is 60.7 Å². The number of rotatable bonds is 9. The van der Waals surface area contributed by atoms with Crippen LogP contribution in [0.1, 0.15) is 5.69 Å². The average molecular weight is 494 g/mol. The highest BCUT2D eigenvalue weighted by atomic mass is 35.5. The fourth-order valence-electron chi connectivity index (χ4n) is 3.97. The Hall–Kier alpha value is -3.40. The van der Waals surface area contributed by atoms with E-state index in [1.807, 2.05) is 36.4 Å². The van der Waals surface area contributed by atoms with Gasteiger partial charge in [0.25, 0.3) is 0 Å². The van der Waals surface area contributed by atoms with Crippen LogP contribution in [0.25, 0.3) is 10.9 Å². The second-order valence-corrected chi connectivity index (χ2v) is 8.92. The minimum absolute atomic E-state index is 0.348. The molecular formula is C25H28ClN7O2. The van der Waals surface area contributed by atoms with Crippen LogP contribution in [0.5, 0.6) is 11.6 Å². The molecule has 4 aromatic rings. The molecule has 10 heteroatoms. The quantitative estimate of drug-likeness (QED) is 0.362. The molecule has 1 aliphatic heterocycles. The second kappa shape index (κ2) is 10.9. The number of piperazine rings is 1. The van der Waals surface area contributed by atoms with Gasteiger partial charge in [-0.15, -0.1) is 5.10 Å². The normalized spacial score (nSPS) is 14.8. The summed E-state index contributed by atoms with van der Waals surface area (Å²) in [5, 5.41) is 12.1. The molecule has 182 valence electrons. The summed E-state index contributed by atoms with van der Waals surface area (Å²) < 4.78 is 11.9. The number of nitrogens with one attached hydrogen (secondary N) is 2. The van der Waals surface area contributed by atoms with Crippen molar-refractivity contribution in [2.24, 2.45) is 0 Å². The van der Waals surface area contributed by atoms with Crippen LogP contribution in [0, 0.1) is 0 Å². The third-order valence-corrected chi connectivity index (χ3v) is 6.29. The van der Waals surface area contributed by atoms with Crippen molar-refractivity contribution < 1.29 is 9.47 Å². The largest absolute Gasteiger partial charge is 0.486 e. The summed E-state index contributed by atoms with van der Waals surface area (Å²) in [7, 11) is 2.15. The Balaban J connectivity index is 1.25. The minimum Gasteiger partial charge on any atom is -0.486 e. The van der Waals surface area contributed by atoms with Crippen molar-refractivity contribution in [3.05, 3.63) is 65.7 Å².